The summed E-state index contributed by atoms with van der Waals surface area (Å²) in [5.74, 6) is -6.29. The standard InChI is InChI=1S/C8H10O11S4/c9-1(10)5(15)20-22-7(17)3(13)19-4(14)8(18)23-21-6(16)2(11)12/h5-8,15-18H,(H,9,10)(H,11,12). The highest BCUT2D eigenvalue weighted by atomic mass is 33.1. The van der Waals surface area contributed by atoms with Gasteiger partial charge in [0.1, 0.15) is 0 Å². The Kier molecular flexibility index (Phi) is 10.7. The molecule has 6 N–H and O–H groups in total. The van der Waals surface area contributed by atoms with Crippen LogP contribution in [-0.4, -0.2) is 76.3 Å². The number of ether oxygens (including phenoxy) is 1. The van der Waals surface area contributed by atoms with Gasteiger partial charge in [0.05, 0.1) is 0 Å². The molecule has 0 heterocycles. The van der Waals surface area contributed by atoms with E-state index in [1.807, 2.05) is 0 Å². The molecule has 23 heavy (non-hydrogen) atoms. The molecule has 0 amide bonds. The third kappa shape index (κ3) is 9.26. The molecule has 0 bridgehead atoms. The highest BCUT2D eigenvalue weighted by molar-refractivity contribution is 8.77. The van der Waals surface area contributed by atoms with Crippen molar-refractivity contribution in [2.45, 2.75) is 21.7 Å². The maximum Gasteiger partial charge on any atom is 0.354 e. The number of hydrogen-bond acceptors (Lipinski definition) is 13. The molecular weight excluding hydrogens is 400 g/mol. The molecule has 15 heteroatoms. The van der Waals surface area contributed by atoms with Crippen molar-refractivity contribution in [3.05, 3.63) is 0 Å². The summed E-state index contributed by atoms with van der Waals surface area (Å²) in [4.78, 5) is 43.1. The number of hydrogen-bond donors (Lipinski definition) is 6. The van der Waals surface area contributed by atoms with E-state index < -0.39 is 45.6 Å². The quantitative estimate of drug-likeness (QED) is 0.103. The number of aliphatic carboxylic acids is 2. The first-order chi connectivity index (χ1) is 10.6. The minimum atomic E-state index is -2.02. The summed E-state index contributed by atoms with van der Waals surface area (Å²) in [7, 11) is 0.829. The third-order valence-electron chi connectivity index (χ3n) is 1.50. The zero-order valence-electron chi connectivity index (χ0n) is 10.7. The number of esters is 2. The van der Waals surface area contributed by atoms with Crippen LogP contribution in [0.5, 0.6) is 0 Å². The van der Waals surface area contributed by atoms with Crippen molar-refractivity contribution in [1.29, 1.82) is 0 Å². The topological polar surface area (TPSA) is 199 Å². The van der Waals surface area contributed by atoms with Gasteiger partial charge in [-0.25, -0.2) is 19.2 Å². The highest BCUT2D eigenvalue weighted by Gasteiger charge is 2.29. The van der Waals surface area contributed by atoms with E-state index in [1.165, 1.54) is 0 Å². The smallest absolute Gasteiger partial charge is 0.354 e. The number of rotatable bonds is 10. The van der Waals surface area contributed by atoms with Gasteiger partial charge in [0.25, 0.3) is 0 Å². The Morgan fingerprint density at radius 1 is 0.609 bits per heavy atom. The van der Waals surface area contributed by atoms with Gasteiger partial charge in [0, 0.05) is 0 Å². The first-order valence-corrected chi connectivity index (χ1v) is 9.69. The molecule has 0 aliphatic rings. The minimum Gasteiger partial charge on any atom is -0.479 e. The molecule has 0 aliphatic heterocycles. The molecule has 0 aromatic rings. The van der Waals surface area contributed by atoms with Gasteiger partial charge in [0.2, 0.25) is 21.7 Å². The van der Waals surface area contributed by atoms with E-state index in [0.717, 1.165) is 0 Å². The number of carbonyl (C=O) groups excluding carboxylic acids is 2. The lowest BCUT2D eigenvalue weighted by Gasteiger charge is -2.12. The van der Waals surface area contributed by atoms with Crippen LogP contribution in [0.15, 0.2) is 0 Å². The van der Waals surface area contributed by atoms with Crippen LogP contribution >= 0.6 is 43.2 Å². The van der Waals surface area contributed by atoms with Crippen LogP contribution in [0.1, 0.15) is 0 Å². The second kappa shape index (κ2) is 11.0. The van der Waals surface area contributed by atoms with Gasteiger partial charge in [-0.15, -0.1) is 0 Å². The van der Waals surface area contributed by atoms with Gasteiger partial charge in [-0.2, -0.15) is 0 Å². The minimum absolute atomic E-state index is 0.200. The fraction of sp³-hybridized carbons (Fsp3) is 0.500. The van der Waals surface area contributed by atoms with E-state index in [9.17, 15) is 29.4 Å². The van der Waals surface area contributed by atoms with Crippen molar-refractivity contribution in [3.63, 3.8) is 0 Å². The normalized spacial score (nSPS) is 16.0. The highest BCUT2D eigenvalue weighted by Crippen LogP contribution is 2.31. The molecule has 0 rings (SSSR count). The average Bonchev–Trinajstić information content (AvgIpc) is 2.48. The number of carboxylic acids is 2. The van der Waals surface area contributed by atoms with Crippen LogP contribution in [0, 0.1) is 0 Å². The largest absolute Gasteiger partial charge is 0.479 e. The first kappa shape index (κ1) is 22.3. The Morgan fingerprint density at radius 3 is 1.13 bits per heavy atom. The second-order valence-electron chi connectivity index (χ2n) is 3.21. The lowest BCUT2D eigenvalue weighted by atomic mass is 10.7. The molecule has 0 saturated heterocycles. The molecule has 0 aliphatic carbocycles. The molecular formula is C8H10O11S4. The summed E-state index contributed by atoms with van der Waals surface area (Å²) in [5.41, 5.74) is -7.89. The zero-order valence-corrected chi connectivity index (χ0v) is 13.9. The van der Waals surface area contributed by atoms with E-state index in [-0.39, 0.29) is 43.2 Å². The number of carboxylic acid groups (broad SMARTS) is 2. The fourth-order valence-electron chi connectivity index (χ4n) is 0.571. The van der Waals surface area contributed by atoms with Gasteiger partial charge in [-0.1, -0.05) is 0 Å². The maximum absolute atomic E-state index is 11.3. The first-order valence-electron chi connectivity index (χ1n) is 5.14. The number of aliphatic hydroxyl groups excluding tert-OH is 4. The van der Waals surface area contributed by atoms with Crippen molar-refractivity contribution in [2.75, 3.05) is 0 Å². The molecule has 4 unspecified atom stereocenters. The molecule has 0 fully saturated rings. The summed E-state index contributed by atoms with van der Waals surface area (Å²) in [5, 5.41) is 53.0. The second-order valence-corrected chi connectivity index (χ2v) is 8.08. The molecule has 0 saturated carbocycles. The van der Waals surface area contributed by atoms with Crippen molar-refractivity contribution in [3.8, 4) is 0 Å². The van der Waals surface area contributed by atoms with Crippen LogP contribution in [0.2, 0.25) is 0 Å². The summed E-state index contributed by atoms with van der Waals surface area (Å²) in [6, 6.07) is 0. The van der Waals surface area contributed by atoms with Gasteiger partial charge in [-0.3, -0.25) is 0 Å². The lowest BCUT2D eigenvalue weighted by Crippen LogP contribution is -2.28. The van der Waals surface area contributed by atoms with Gasteiger partial charge >= 0.3 is 23.9 Å². The van der Waals surface area contributed by atoms with Gasteiger partial charge in [0.15, 0.2) is 0 Å². The van der Waals surface area contributed by atoms with E-state index in [0.29, 0.717) is 0 Å². The third-order valence-corrected chi connectivity index (χ3v) is 6.10. The zero-order chi connectivity index (χ0) is 18.2. The van der Waals surface area contributed by atoms with Crippen LogP contribution < -0.4 is 0 Å². The lowest BCUT2D eigenvalue weighted by molar-refractivity contribution is -0.165. The fourth-order valence-corrected chi connectivity index (χ4v) is 3.64. The number of carbonyl (C=O) groups is 4. The maximum atomic E-state index is 11.3. The molecule has 0 aromatic heterocycles. The Bertz CT molecular complexity index is 417. The molecule has 0 aromatic carbocycles. The molecule has 0 spiro atoms. The summed E-state index contributed by atoms with van der Waals surface area (Å²) in [6.07, 6.45) is 0. The predicted octanol–water partition coefficient (Wildman–Crippen LogP) is -1.74. The van der Waals surface area contributed by atoms with E-state index >= 15 is 0 Å². The van der Waals surface area contributed by atoms with Gasteiger partial charge in [-0.05, 0) is 43.2 Å². The monoisotopic (exact) mass is 410 g/mol. The summed E-state index contributed by atoms with van der Waals surface area (Å²) >= 11 is 0. The van der Waals surface area contributed by atoms with E-state index in [2.05, 4.69) is 4.74 Å². The van der Waals surface area contributed by atoms with E-state index in [1.54, 1.807) is 0 Å². The summed E-state index contributed by atoms with van der Waals surface area (Å²) < 4.78 is 4.06. The Labute approximate surface area is 143 Å². The van der Waals surface area contributed by atoms with Crippen molar-refractivity contribution < 1.29 is 54.6 Å². The Hall–Kier alpha value is -0.680. The van der Waals surface area contributed by atoms with Crippen LogP contribution in [0.3, 0.4) is 0 Å². The van der Waals surface area contributed by atoms with Crippen molar-refractivity contribution >= 4 is 67.1 Å². The van der Waals surface area contributed by atoms with Crippen LogP contribution in [0.25, 0.3) is 0 Å². The van der Waals surface area contributed by atoms with Crippen LogP contribution in [0.4, 0.5) is 0 Å². The van der Waals surface area contributed by atoms with Crippen molar-refractivity contribution in [1.82, 2.24) is 0 Å². The molecule has 4 atom stereocenters. The average molecular weight is 410 g/mol. The number of aliphatic hydroxyl groups is 4. The Morgan fingerprint density at radius 2 is 0.870 bits per heavy atom. The van der Waals surface area contributed by atoms with Crippen molar-refractivity contribution in [2.24, 2.45) is 0 Å². The van der Waals surface area contributed by atoms with E-state index in [4.69, 9.17) is 20.4 Å². The van der Waals surface area contributed by atoms with Gasteiger partial charge < -0.3 is 35.4 Å². The predicted molar refractivity (Wildman–Crippen MR) is 80.8 cm³/mol. The molecule has 11 nitrogen and oxygen atoms in total. The Balaban J connectivity index is 4.24. The summed E-state index contributed by atoms with van der Waals surface area (Å²) in [6.45, 7) is 0. The van der Waals surface area contributed by atoms with Crippen LogP contribution in [-0.2, 0) is 23.9 Å². The SMILES string of the molecule is O=C(O)C(O)SSC(O)C(=O)OC(=O)C(O)SSC(O)C(=O)O. The molecule has 0 radical (unpaired) electrons. The molecule has 132 valence electrons.